The molecule has 3 unspecified atom stereocenters. The molecular formula is C40H56N2OS. The summed E-state index contributed by atoms with van der Waals surface area (Å²) < 4.78 is 3.58. The molecule has 2 aliphatic rings. The van der Waals surface area contributed by atoms with Gasteiger partial charge in [0, 0.05) is 29.7 Å². The van der Waals surface area contributed by atoms with E-state index in [1.165, 1.54) is 39.9 Å². The first-order chi connectivity index (χ1) is 21.3. The number of allylic oxidation sites excluding steroid dienone is 4. The fourth-order valence-corrected chi connectivity index (χ4v) is 7.35. The van der Waals surface area contributed by atoms with Crippen LogP contribution in [0, 0.1) is 18.8 Å². The summed E-state index contributed by atoms with van der Waals surface area (Å²) in [6, 6.07) is 13.9. The Labute approximate surface area is 272 Å². The van der Waals surface area contributed by atoms with Crippen molar-refractivity contribution in [3.05, 3.63) is 107 Å². The first kappa shape index (κ1) is 34.2. The average molecular weight is 613 g/mol. The standard InChI is InChI=1S/C40H56N2OS/c1-7-10-17-40(43)38-23-22-37(38)28-42(25-24-34-19-18-29(4)26-36(34)14-8-2)39-27-35(21-20-32(39)9-3)30(5)41-44-31(6)33-15-12-11-13-16-33/h10,12,15-21,26-27,31,37-38,40-41,43H,5,7-9,11,13-14,22-25,28H2,1-4,6H3/b17-10+/t31-,37?,38?,40?/m1/s1. The third-order valence-electron chi connectivity index (χ3n) is 9.48. The van der Waals surface area contributed by atoms with Crippen molar-refractivity contribution >= 4 is 23.3 Å². The number of hydrogen-bond donors (Lipinski definition) is 2. The van der Waals surface area contributed by atoms with Gasteiger partial charge >= 0.3 is 0 Å². The zero-order valence-electron chi connectivity index (χ0n) is 27.9. The molecule has 0 spiro atoms. The maximum Gasteiger partial charge on any atom is 0.0752 e. The van der Waals surface area contributed by atoms with Gasteiger partial charge in [0.1, 0.15) is 0 Å². The van der Waals surface area contributed by atoms with E-state index >= 15 is 0 Å². The van der Waals surface area contributed by atoms with E-state index in [1.54, 1.807) is 11.9 Å². The van der Waals surface area contributed by atoms with Crippen LogP contribution in [0.5, 0.6) is 0 Å². The van der Waals surface area contributed by atoms with E-state index in [4.69, 9.17) is 0 Å². The molecule has 0 radical (unpaired) electrons. The van der Waals surface area contributed by atoms with Crippen molar-refractivity contribution in [3.63, 3.8) is 0 Å². The van der Waals surface area contributed by atoms with Crippen molar-refractivity contribution in [2.75, 3.05) is 18.0 Å². The Morgan fingerprint density at radius 1 is 1.07 bits per heavy atom. The summed E-state index contributed by atoms with van der Waals surface area (Å²) in [5.41, 5.74) is 10.5. The predicted molar refractivity (Wildman–Crippen MR) is 194 cm³/mol. The van der Waals surface area contributed by atoms with Gasteiger partial charge in [0.15, 0.2) is 0 Å². The van der Waals surface area contributed by atoms with E-state index in [-0.39, 0.29) is 6.10 Å². The van der Waals surface area contributed by atoms with Crippen LogP contribution in [0.2, 0.25) is 0 Å². The van der Waals surface area contributed by atoms with E-state index in [0.29, 0.717) is 17.1 Å². The monoisotopic (exact) mass is 612 g/mol. The fourth-order valence-electron chi connectivity index (χ4n) is 6.61. The van der Waals surface area contributed by atoms with Gasteiger partial charge < -0.3 is 14.7 Å². The first-order valence-electron chi connectivity index (χ1n) is 17.1. The second-order valence-electron chi connectivity index (χ2n) is 12.8. The van der Waals surface area contributed by atoms with Gasteiger partial charge in [-0.25, -0.2) is 0 Å². The SMILES string of the molecule is C=C(NS[C@H](C)C1=CCCC=C1)c1ccc(CC)c(N(CCc2ccc(C)cc2CCC)CC2CCC2C(O)/C=C/CC)c1. The average Bonchev–Trinajstić information content (AvgIpc) is 3.03. The summed E-state index contributed by atoms with van der Waals surface area (Å²) in [4.78, 5) is 2.63. The Morgan fingerprint density at radius 3 is 2.57 bits per heavy atom. The molecule has 1 fully saturated rings. The van der Waals surface area contributed by atoms with Gasteiger partial charge in [-0.15, -0.1) is 0 Å². The number of anilines is 1. The third kappa shape index (κ3) is 9.17. The topological polar surface area (TPSA) is 35.5 Å². The second kappa shape index (κ2) is 17.1. The van der Waals surface area contributed by atoms with Crippen molar-refractivity contribution in [2.45, 2.75) is 104 Å². The highest BCUT2D eigenvalue weighted by molar-refractivity contribution is 7.98. The molecule has 238 valence electrons. The Morgan fingerprint density at radius 2 is 1.89 bits per heavy atom. The smallest absolute Gasteiger partial charge is 0.0752 e. The maximum absolute atomic E-state index is 11.0. The molecule has 0 heterocycles. The molecular weight excluding hydrogens is 557 g/mol. The Kier molecular flexibility index (Phi) is 13.3. The van der Waals surface area contributed by atoms with Gasteiger partial charge in [0.05, 0.1) is 6.10 Å². The second-order valence-corrected chi connectivity index (χ2v) is 13.9. The third-order valence-corrected chi connectivity index (χ3v) is 10.5. The summed E-state index contributed by atoms with van der Waals surface area (Å²) in [6.07, 6.45) is 20.5. The van der Waals surface area contributed by atoms with Crippen LogP contribution in [-0.2, 0) is 19.3 Å². The molecule has 0 aromatic heterocycles. The molecule has 0 bridgehead atoms. The van der Waals surface area contributed by atoms with Crippen molar-refractivity contribution in [1.82, 2.24) is 4.72 Å². The molecule has 1 saturated carbocycles. The molecule has 4 heteroatoms. The number of aryl methyl sites for hydroxylation is 3. The van der Waals surface area contributed by atoms with E-state index in [2.05, 4.69) is 112 Å². The molecule has 2 N–H and O–H groups in total. The minimum absolute atomic E-state index is 0.334. The van der Waals surface area contributed by atoms with Crippen LogP contribution in [-0.4, -0.2) is 29.5 Å². The van der Waals surface area contributed by atoms with Crippen molar-refractivity contribution < 1.29 is 5.11 Å². The minimum atomic E-state index is -0.349. The van der Waals surface area contributed by atoms with Crippen LogP contribution in [0.15, 0.2) is 78.9 Å². The lowest BCUT2D eigenvalue weighted by atomic mass is 9.70. The molecule has 2 aliphatic carbocycles. The molecule has 4 rings (SSSR count). The lowest BCUT2D eigenvalue weighted by Gasteiger charge is -2.43. The fraction of sp³-hybridized carbons (Fsp3) is 0.500. The Balaban J connectivity index is 1.57. The predicted octanol–water partition coefficient (Wildman–Crippen LogP) is 9.79. The minimum Gasteiger partial charge on any atom is -0.389 e. The number of nitrogens with zero attached hydrogens (tertiary/aromatic N) is 1. The normalized spacial score (nSPS) is 19.4. The summed E-state index contributed by atoms with van der Waals surface area (Å²) in [5.74, 6) is 0.823. The number of rotatable bonds is 17. The summed E-state index contributed by atoms with van der Waals surface area (Å²) >= 11 is 1.74. The molecule has 0 aliphatic heterocycles. The van der Waals surface area contributed by atoms with Gasteiger partial charge in [-0.3, -0.25) is 0 Å². The van der Waals surface area contributed by atoms with Crippen LogP contribution in [0.1, 0.15) is 94.0 Å². The van der Waals surface area contributed by atoms with Crippen LogP contribution in [0.3, 0.4) is 0 Å². The zero-order valence-corrected chi connectivity index (χ0v) is 28.8. The number of aliphatic hydroxyl groups excluding tert-OH is 1. The molecule has 4 atom stereocenters. The van der Waals surface area contributed by atoms with Crippen LogP contribution in [0.4, 0.5) is 5.69 Å². The van der Waals surface area contributed by atoms with Gasteiger partial charge in [0.2, 0.25) is 0 Å². The Bertz CT molecular complexity index is 1320. The lowest BCUT2D eigenvalue weighted by molar-refractivity contribution is 0.0462. The zero-order chi connectivity index (χ0) is 31.5. The number of hydrogen-bond acceptors (Lipinski definition) is 4. The number of nitrogens with one attached hydrogen (secondary N) is 1. The van der Waals surface area contributed by atoms with Crippen LogP contribution in [0.25, 0.3) is 5.70 Å². The van der Waals surface area contributed by atoms with Crippen molar-refractivity contribution in [1.29, 1.82) is 0 Å². The van der Waals surface area contributed by atoms with Crippen molar-refractivity contribution in [2.24, 2.45) is 11.8 Å². The van der Waals surface area contributed by atoms with E-state index in [9.17, 15) is 5.11 Å². The van der Waals surface area contributed by atoms with Gasteiger partial charge in [-0.1, -0.05) is 100 Å². The quantitative estimate of drug-likeness (QED) is 0.138. The van der Waals surface area contributed by atoms with E-state index in [1.807, 2.05) is 6.08 Å². The summed E-state index contributed by atoms with van der Waals surface area (Å²) in [7, 11) is 0. The van der Waals surface area contributed by atoms with Crippen LogP contribution < -0.4 is 9.62 Å². The van der Waals surface area contributed by atoms with Gasteiger partial charge in [0.25, 0.3) is 0 Å². The van der Waals surface area contributed by atoms with E-state index < -0.39 is 0 Å². The molecule has 2 aromatic carbocycles. The largest absolute Gasteiger partial charge is 0.389 e. The highest BCUT2D eigenvalue weighted by Crippen LogP contribution is 2.39. The highest BCUT2D eigenvalue weighted by atomic mass is 32.2. The highest BCUT2D eigenvalue weighted by Gasteiger charge is 2.36. The number of benzene rings is 2. The molecule has 44 heavy (non-hydrogen) atoms. The molecule has 0 saturated heterocycles. The van der Waals surface area contributed by atoms with E-state index in [0.717, 1.165) is 75.7 Å². The van der Waals surface area contributed by atoms with Gasteiger partial charge in [-0.2, -0.15) is 0 Å². The van der Waals surface area contributed by atoms with Crippen molar-refractivity contribution in [3.8, 4) is 0 Å². The molecule has 0 amide bonds. The van der Waals surface area contributed by atoms with Crippen LogP contribution >= 0.6 is 11.9 Å². The Hall–Kier alpha value is -2.69. The lowest BCUT2D eigenvalue weighted by Crippen LogP contribution is -2.43. The summed E-state index contributed by atoms with van der Waals surface area (Å²) in [6.45, 7) is 17.5. The first-order valence-corrected chi connectivity index (χ1v) is 18.0. The number of aliphatic hydroxyl groups is 1. The molecule has 3 nitrogen and oxygen atoms in total. The molecule has 2 aromatic rings. The van der Waals surface area contributed by atoms with Gasteiger partial charge in [-0.05, 0) is 123 Å². The maximum atomic E-state index is 11.0. The summed E-state index contributed by atoms with van der Waals surface area (Å²) in [5, 5.41) is 11.3.